The highest BCUT2D eigenvalue weighted by atomic mass is 16.6. The molecule has 30 heavy (non-hydrogen) atoms. The molecule has 3 saturated heterocycles. The van der Waals surface area contributed by atoms with Crippen molar-refractivity contribution in [2.45, 2.75) is 70.6 Å². The summed E-state index contributed by atoms with van der Waals surface area (Å²) in [6.45, 7) is 7.48. The van der Waals surface area contributed by atoms with E-state index in [4.69, 9.17) is 14.2 Å². The highest BCUT2D eigenvalue weighted by molar-refractivity contribution is 5.96. The third-order valence-electron chi connectivity index (χ3n) is 6.72. The summed E-state index contributed by atoms with van der Waals surface area (Å²) in [6, 6.07) is 6.06. The molecule has 1 aromatic carbocycles. The topological polar surface area (TPSA) is 68.3 Å². The molecule has 0 N–H and O–H groups in total. The van der Waals surface area contributed by atoms with E-state index in [-0.39, 0.29) is 29.5 Å². The zero-order valence-electron chi connectivity index (χ0n) is 18.0. The van der Waals surface area contributed by atoms with E-state index in [9.17, 15) is 9.59 Å². The number of rotatable bonds is 1. The Morgan fingerprint density at radius 3 is 2.43 bits per heavy atom. The fourth-order valence-corrected chi connectivity index (χ4v) is 5.66. The van der Waals surface area contributed by atoms with E-state index < -0.39 is 5.60 Å². The molecule has 4 aliphatic heterocycles. The molecule has 1 aromatic rings. The van der Waals surface area contributed by atoms with Crippen LogP contribution in [0.15, 0.2) is 18.2 Å². The van der Waals surface area contributed by atoms with E-state index in [0.717, 1.165) is 37.1 Å². The number of nitrogens with zero attached hydrogens (tertiary/aromatic N) is 2. The number of fused-ring (bicyclic) bond motifs is 3. The van der Waals surface area contributed by atoms with Gasteiger partial charge in [0, 0.05) is 42.2 Å². The third-order valence-corrected chi connectivity index (χ3v) is 6.72. The number of hydrogen-bond acceptors (Lipinski definition) is 5. The number of carbonyl (C=O) groups is 2. The number of piperidine rings is 1. The second-order valence-electron chi connectivity index (χ2n) is 10.2. The lowest BCUT2D eigenvalue weighted by Gasteiger charge is -2.44. The van der Waals surface area contributed by atoms with E-state index >= 15 is 0 Å². The van der Waals surface area contributed by atoms with Gasteiger partial charge in [-0.2, -0.15) is 0 Å². The van der Waals surface area contributed by atoms with Gasteiger partial charge in [0.15, 0.2) is 11.5 Å². The Balaban J connectivity index is 1.33. The van der Waals surface area contributed by atoms with Crippen LogP contribution in [0, 0.1) is 5.41 Å². The van der Waals surface area contributed by atoms with Gasteiger partial charge in [0.2, 0.25) is 5.91 Å². The van der Waals surface area contributed by atoms with E-state index in [1.807, 2.05) is 48.8 Å². The van der Waals surface area contributed by atoms with Gasteiger partial charge >= 0.3 is 6.09 Å². The molecule has 1 spiro atoms. The van der Waals surface area contributed by atoms with Crippen LogP contribution in [0.2, 0.25) is 0 Å². The van der Waals surface area contributed by atoms with Crippen LogP contribution in [-0.4, -0.2) is 54.3 Å². The van der Waals surface area contributed by atoms with Crippen molar-refractivity contribution in [3.05, 3.63) is 18.2 Å². The summed E-state index contributed by atoms with van der Waals surface area (Å²) in [7, 11) is 0. The van der Waals surface area contributed by atoms with Crippen molar-refractivity contribution < 1.29 is 23.8 Å². The van der Waals surface area contributed by atoms with Crippen LogP contribution >= 0.6 is 0 Å². The summed E-state index contributed by atoms with van der Waals surface area (Å²) in [4.78, 5) is 29.6. The van der Waals surface area contributed by atoms with E-state index in [1.54, 1.807) is 0 Å². The summed E-state index contributed by atoms with van der Waals surface area (Å²) in [5, 5.41) is 0. The van der Waals surface area contributed by atoms with Crippen molar-refractivity contribution in [3.63, 3.8) is 0 Å². The van der Waals surface area contributed by atoms with E-state index in [2.05, 4.69) is 0 Å². The summed E-state index contributed by atoms with van der Waals surface area (Å²) >= 11 is 0. The lowest BCUT2D eigenvalue weighted by molar-refractivity contribution is -0.118. The van der Waals surface area contributed by atoms with Crippen LogP contribution in [0.1, 0.15) is 52.9 Å². The molecule has 2 bridgehead atoms. The molecule has 0 aromatic heterocycles. The Bertz CT molecular complexity index is 863. The van der Waals surface area contributed by atoms with Gasteiger partial charge in [-0.15, -0.1) is 0 Å². The van der Waals surface area contributed by atoms with Crippen LogP contribution in [0.4, 0.5) is 10.5 Å². The zero-order valence-corrected chi connectivity index (χ0v) is 18.0. The van der Waals surface area contributed by atoms with Gasteiger partial charge < -0.3 is 24.0 Å². The van der Waals surface area contributed by atoms with Gasteiger partial charge in [0.1, 0.15) is 18.8 Å². The second-order valence-corrected chi connectivity index (χ2v) is 10.2. The first-order chi connectivity index (χ1) is 14.2. The Kier molecular flexibility index (Phi) is 4.42. The highest BCUT2D eigenvalue weighted by Gasteiger charge is 2.55. The monoisotopic (exact) mass is 414 g/mol. The number of anilines is 1. The largest absolute Gasteiger partial charge is 0.486 e. The first kappa shape index (κ1) is 19.5. The predicted octanol–water partition coefficient (Wildman–Crippen LogP) is 3.74. The van der Waals surface area contributed by atoms with E-state index in [0.29, 0.717) is 31.9 Å². The number of carbonyl (C=O) groups excluding carboxylic acids is 2. The molecule has 162 valence electrons. The minimum absolute atomic E-state index is 0.0747. The molecule has 7 nitrogen and oxygen atoms in total. The maximum atomic E-state index is 13.0. The third kappa shape index (κ3) is 3.38. The lowest BCUT2D eigenvalue weighted by atomic mass is 9.74. The molecule has 4 aliphatic rings. The fraction of sp³-hybridized carbons (Fsp3) is 0.652. The predicted molar refractivity (Wildman–Crippen MR) is 111 cm³/mol. The van der Waals surface area contributed by atoms with Gasteiger partial charge in [-0.1, -0.05) is 0 Å². The maximum absolute atomic E-state index is 13.0. The number of ether oxygens (including phenoxy) is 3. The van der Waals surface area contributed by atoms with Gasteiger partial charge in [-0.05, 0) is 58.6 Å². The molecule has 2 atom stereocenters. The highest BCUT2D eigenvalue weighted by Crippen LogP contribution is 2.52. The standard InChI is InChI=1S/C23H30N2O5/c1-22(2,3)30-21(27)25-16-4-5-17(25)12-23(11-16)13-20(26)24(14-23)15-6-7-18-19(10-15)29-9-8-28-18/h6-7,10,16-17H,4-5,8-9,11-14H2,1-3H3. The smallest absolute Gasteiger partial charge is 0.410 e. The molecular formula is C23H30N2O5. The van der Waals surface area contributed by atoms with Gasteiger partial charge in [-0.3, -0.25) is 4.79 Å². The van der Waals surface area contributed by atoms with Crippen molar-refractivity contribution in [2.24, 2.45) is 5.41 Å². The van der Waals surface area contributed by atoms with Crippen molar-refractivity contribution in [1.29, 1.82) is 0 Å². The summed E-state index contributed by atoms with van der Waals surface area (Å²) in [6.07, 6.45) is 4.02. The Morgan fingerprint density at radius 1 is 1.10 bits per heavy atom. The van der Waals surface area contributed by atoms with Gasteiger partial charge in [0.05, 0.1) is 0 Å². The molecule has 4 heterocycles. The molecule has 5 rings (SSSR count). The summed E-state index contributed by atoms with van der Waals surface area (Å²) in [5.74, 6) is 1.58. The first-order valence-corrected chi connectivity index (χ1v) is 10.9. The number of benzene rings is 1. The van der Waals surface area contributed by atoms with Crippen LogP contribution in [0.5, 0.6) is 11.5 Å². The molecule has 0 radical (unpaired) electrons. The molecule has 2 unspecified atom stereocenters. The summed E-state index contributed by atoms with van der Waals surface area (Å²) < 4.78 is 17.0. The van der Waals surface area contributed by atoms with Crippen molar-refractivity contribution >= 4 is 17.7 Å². The Labute approximate surface area is 177 Å². The van der Waals surface area contributed by atoms with Crippen LogP contribution in [-0.2, 0) is 9.53 Å². The molecule has 0 saturated carbocycles. The van der Waals surface area contributed by atoms with Gasteiger partial charge in [-0.25, -0.2) is 4.79 Å². The van der Waals surface area contributed by atoms with Crippen molar-refractivity contribution in [1.82, 2.24) is 4.90 Å². The Hall–Kier alpha value is -2.44. The van der Waals surface area contributed by atoms with Crippen molar-refractivity contribution in [3.8, 4) is 11.5 Å². The van der Waals surface area contributed by atoms with Gasteiger partial charge in [0.25, 0.3) is 0 Å². The minimum atomic E-state index is -0.496. The molecule has 2 amide bonds. The molecule has 7 heteroatoms. The van der Waals surface area contributed by atoms with Crippen LogP contribution in [0.25, 0.3) is 0 Å². The molecule has 3 fully saturated rings. The average Bonchev–Trinajstić information content (AvgIpc) is 3.14. The zero-order chi connectivity index (χ0) is 21.1. The average molecular weight is 415 g/mol. The second kappa shape index (κ2) is 6.79. The van der Waals surface area contributed by atoms with E-state index in [1.165, 1.54) is 0 Å². The minimum Gasteiger partial charge on any atom is -0.486 e. The fourth-order valence-electron chi connectivity index (χ4n) is 5.66. The molecule has 0 aliphatic carbocycles. The quantitative estimate of drug-likeness (QED) is 0.700. The van der Waals surface area contributed by atoms with Crippen LogP contribution in [0.3, 0.4) is 0 Å². The van der Waals surface area contributed by atoms with Crippen LogP contribution < -0.4 is 14.4 Å². The Morgan fingerprint density at radius 2 is 1.77 bits per heavy atom. The SMILES string of the molecule is CC(C)(C)OC(=O)N1C2CCC1CC1(CC(=O)N(c3ccc4c(c3)OCCO4)C1)C2. The number of amides is 2. The van der Waals surface area contributed by atoms with Crippen molar-refractivity contribution in [2.75, 3.05) is 24.7 Å². The number of hydrogen-bond donors (Lipinski definition) is 0. The maximum Gasteiger partial charge on any atom is 0.410 e. The molecular weight excluding hydrogens is 384 g/mol. The normalized spacial score (nSPS) is 30.2. The first-order valence-electron chi connectivity index (χ1n) is 10.9. The lowest BCUT2D eigenvalue weighted by Crippen LogP contribution is -2.52. The summed E-state index contributed by atoms with van der Waals surface area (Å²) in [5.41, 5.74) is 0.293.